The smallest absolute Gasteiger partial charge is 0.224 e. The summed E-state index contributed by atoms with van der Waals surface area (Å²) in [7, 11) is 0. The number of hydrogen-bond donors (Lipinski definition) is 2. The van der Waals surface area contributed by atoms with Gasteiger partial charge in [0.1, 0.15) is 11.6 Å². The van der Waals surface area contributed by atoms with Crippen molar-refractivity contribution in [1.82, 2.24) is 5.32 Å². The number of carbonyl (C=O) groups excluding carboxylic acids is 1. The second kappa shape index (κ2) is 6.10. The van der Waals surface area contributed by atoms with Crippen molar-refractivity contribution in [3.05, 3.63) is 35.4 Å². The molecule has 3 N–H and O–H groups in total. The van der Waals surface area contributed by atoms with Gasteiger partial charge in [-0.25, -0.2) is 8.78 Å². The number of carbonyl (C=O) groups is 1. The van der Waals surface area contributed by atoms with Crippen molar-refractivity contribution in [1.29, 1.82) is 0 Å². The Bertz CT molecular complexity index is 465. The SMILES string of the molecule is NCC1CCCC1NC(=O)Cc1ccc(F)cc1F. The number of benzene rings is 1. The van der Waals surface area contributed by atoms with E-state index in [1.54, 1.807) is 0 Å². The minimum absolute atomic E-state index is 0.0695. The van der Waals surface area contributed by atoms with Crippen LogP contribution in [0.5, 0.6) is 0 Å². The first kappa shape index (κ1) is 13.9. The van der Waals surface area contributed by atoms with Gasteiger partial charge < -0.3 is 11.1 Å². The zero-order valence-electron chi connectivity index (χ0n) is 10.7. The van der Waals surface area contributed by atoms with Gasteiger partial charge in [0.15, 0.2) is 0 Å². The van der Waals surface area contributed by atoms with Crippen molar-refractivity contribution in [2.45, 2.75) is 31.7 Å². The van der Waals surface area contributed by atoms with Gasteiger partial charge >= 0.3 is 0 Å². The maximum absolute atomic E-state index is 13.4. The molecule has 3 nitrogen and oxygen atoms in total. The Morgan fingerprint density at radius 2 is 2.16 bits per heavy atom. The lowest BCUT2D eigenvalue weighted by atomic mass is 10.0. The van der Waals surface area contributed by atoms with E-state index < -0.39 is 11.6 Å². The summed E-state index contributed by atoms with van der Waals surface area (Å²) in [6, 6.07) is 3.34. The van der Waals surface area contributed by atoms with E-state index in [0.29, 0.717) is 12.5 Å². The first-order valence-electron chi connectivity index (χ1n) is 6.53. The van der Waals surface area contributed by atoms with Crippen LogP contribution in [0.4, 0.5) is 8.78 Å². The fourth-order valence-corrected chi connectivity index (χ4v) is 2.60. The molecule has 1 aromatic rings. The highest BCUT2D eigenvalue weighted by molar-refractivity contribution is 5.79. The lowest BCUT2D eigenvalue weighted by molar-refractivity contribution is -0.121. The zero-order valence-corrected chi connectivity index (χ0v) is 10.7. The van der Waals surface area contributed by atoms with Gasteiger partial charge in [0.2, 0.25) is 5.91 Å². The molecule has 2 atom stereocenters. The lowest BCUT2D eigenvalue weighted by Gasteiger charge is -2.19. The van der Waals surface area contributed by atoms with E-state index in [9.17, 15) is 13.6 Å². The Balaban J connectivity index is 1.94. The Hall–Kier alpha value is -1.49. The van der Waals surface area contributed by atoms with Crippen LogP contribution >= 0.6 is 0 Å². The first-order valence-corrected chi connectivity index (χ1v) is 6.53. The Labute approximate surface area is 111 Å². The van der Waals surface area contributed by atoms with Crippen LogP contribution in [0.3, 0.4) is 0 Å². The van der Waals surface area contributed by atoms with Gasteiger partial charge in [-0.3, -0.25) is 4.79 Å². The van der Waals surface area contributed by atoms with Crippen LogP contribution in [-0.4, -0.2) is 18.5 Å². The average Bonchev–Trinajstić information content (AvgIpc) is 2.80. The van der Waals surface area contributed by atoms with E-state index in [-0.39, 0.29) is 23.9 Å². The minimum atomic E-state index is -0.683. The number of nitrogens with two attached hydrogens (primary N) is 1. The van der Waals surface area contributed by atoms with E-state index in [1.807, 2.05) is 0 Å². The Morgan fingerprint density at radius 3 is 2.84 bits per heavy atom. The summed E-state index contributed by atoms with van der Waals surface area (Å²) in [6.07, 6.45) is 2.92. The molecule has 1 aliphatic rings. The summed E-state index contributed by atoms with van der Waals surface area (Å²) >= 11 is 0. The number of hydrogen-bond acceptors (Lipinski definition) is 2. The average molecular weight is 268 g/mol. The van der Waals surface area contributed by atoms with Crippen molar-refractivity contribution >= 4 is 5.91 Å². The molecule has 0 spiro atoms. The molecule has 1 aromatic carbocycles. The number of rotatable bonds is 4. The van der Waals surface area contributed by atoms with Crippen LogP contribution in [0.25, 0.3) is 0 Å². The fraction of sp³-hybridized carbons (Fsp3) is 0.500. The van der Waals surface area contributed by atoms with Crippen LogP contribution in [0.2, 0.25) is 0 Å². The molecule has 1 saturated carbocycles. The molecule has 0 bridgehead atoms. The third kappa shape index (κ3) is 3.50. The van der Waals surface area contributed by atoms with Crippen LogP contribution in [0.1, 0.15) is 24.8 Å². The molecule has 0 aliphatic heterocycles. The van der Waals surface area contributed by atoms with E-state index in [0.717, 1.165) is 31.4 Å². The summed E-state index contributed by atoms with van der Waals surface area (Å²) in [6.45, 7) is 0.551. The number of nitrogens with one attached hydrogen (secondary N) is 1. The van der Waals surface area contributed by atoms with Crippen molar-refractivity contribution in [2.75, 3.05) is 6.54 Å². The molecule has 0 heterocycles. The molecule has 1 aliphatic carbocycles. The highest BCUT2D eigenvalue weighted by atomic mass is 19.1. The van der Waals surface area contributed by atoms with Gasteiger partial charge in [-0.2, -0.15) is 0 Å². The van der Waals surface area contributed by atoms with Crippen molar-refractivity contribution < 1.29 is 13.6 Å². The molecule has 0 radical (unpaired) electrons. The second-order valence-electron chi connectivity index (χ2n) is 5.01. The van der Waals surface area contributed by atoms with Gasteiger partial charge in [-0.1, -0.05) is 12.5 Å². The lowest BCUT2D eigenvalue weighted by Crippen LogP contribution is -2.40. The maximum Gasteiger partial charge on any atom is 0.224 e. The first-order chi connectivity index (χ1) is 9.10. The number of halogens is 2. The van der Waals surface area contributed by atoms with E-state index in [2.05, 4.69) is 5.32 Å². The quantitative estimate of drug-likeness (QED) is 0.874. The van der Waals surface area contributed by atoms with Gasteiger partial charge in [0, 0.05) is 12.1 Å². The molecule has 19 heavy (non-hydrogen) atoms. The third-order valence-electron chi connectivity index (χ3n) is 3.67. The molecular weight excluding hydrogens is 250 g/mol. The summed E-state index contributed by atoms with van der Waals surface area (Å²) in [5.74, 6) is -1.25. The Kier molecular flexibility index (Phi) is 4.47. The molecule has 0 saturated heterocycles. The molecule has 1 amide bonds. The van der Waals surface area contributed by atoms with Crippen molar-refractivity contribution in [3.63, 3.8) is 0 Å². The van der Waals surface area contributed by atoms with Gasteiger partial charge in [-0.15, -0.1) is 0 Å². The predicted octanol–water partition coefficient (Wildman–Crippen LogP) is 1.75. The van der Waals surface area contributed by atoms with Crippen LogP contribution in [-0.2, 0) is 11.2 Å². The van der Waals surface area contributed by atoms with Crippen molar-refractivity contribution in [3.8, 4) is 0 Å². The molecule has 1 fully saturated rings. The fourth-order valence-electron chi connectivity index (χ4n) is 2.60. The predicted molar refractivity (Wildman–Crippen MR) is 68.4 cm³/mol. The molecule has 2 rings (SSSR count). The van der Waals surface area contributed by atoms with Crippen molar-refractivity contribution in [2.24, 2.45) is 11.7 Å². The van der Waals surface area contributed by atoms with E-state index in [4.69, 9.17) is 5.73 Å². The highest BCUT2D eigenvalue weighted by Gasteiger charge is 2.27. The number of amides is 1. The van der Waals surface area contributed by atoms with Crippen LogP contribution < -0.4 is 11.1 Å². The molecule has 2 unspecified atom stereocenters. The summed E-state index contributed by atoms with van der Waals surface area (Å²) in [5.41, 5.74) is 5.85. The maximum atomic E-state index is 13.4. The highest BCUT2D eigenvalue weighted by Crippen LogP contribution is 2.24. The van der Waals surface area contributed by atoms with Gasteiger partial charge in [0.05, 0.1) is 6.42 Å². The monoisotopic (exact) mass is 268 g/mol. The Morgan fingerprint density at radius 1 is 1.37 bits per heavy atom. The zero-order chi connectivity index (χ0) is 13.8. The molecule has 0 aromatic heterocycles. The van der Waals surface area contributed by atoms with Crippen LogP contribution in [0.15, 0.2) is 18.2 Å². The molecule has 5 heteroatoms. The minimum Gasteiger partial charge on any atom is -0.353 e. The van der Waals surface area contributed by atoms with Gasteiger partial charge in [0.25, 0.3) is 0 Å². The largest absolute Gasteiger partial charge is 0.353 e. The molecule has 104 valence electrons. The summed E-state index contributed by atoms with van der Waals surface area (Å²) < 4.78 is 26.2. The summed E-state index contributed by atoms with van der Waals surface area (Å²) in [5, 5.41) is 2.89. The third-order valence-corrected chi connectivity index (χ3v) is 3.67. The normalized spacial score (nSPS) is 22.5. The molecular formula is C14H18F2N2O. The topological polar surface area (TPSA) is 55.1 Å². The second-order valence-corrected chi connectivity index (χ2v) is 5.01. The van der Waals surface area contributed by atoms with E-state index in [1.165, 1.54) is 6.07 Å². The van der Waals surface area contributed by atoms with E-state index >= 15 is 0 Å². The van der Waals surface area contributed by atoms with Gasteiger partial charge in [-0.05, 0) is 36.9 Å². The van der Waals surface area contributed by atoms with Crippen LogP contribution in [0, 0.1) is 17.6 Å². The standard InChI is InChI=1S/C14H18F2N2O/c15-11-5-4-9(12(16)7-11)6-14(19)18-13-3-1-2-10(13)8-17/h4-5,7,10,13H,1-3,6,8,17H2,(H,18,19). The summed E-state index contributed by atoms with van der Waals surface area (Å²) in [4.78, 5) is 11.9.